The molecule has 172 valence electrons. The number of methoxy groups -OCH3 is 1. The molecule has 1 saturated carbocycles. The van der Waals surface area contributed by atoms with Crippen LogP contribution in [0.3, 0.4) is 0 Å². The first-order chi connectivity index (χ1) is 16.0. The van der Waals surface area contributed by atoms with Crippen molar-refractivity contribution in [3.8, 4) is 17.0 Å². The second kappa shape index (κ2) is 8.53. The predicted octanol–water partition coefficient (Wildman–Crippen LogP) is 4.32. The molecule has 0 N–H and O–H groups in total. The molecule has 2 atom stereocenters. The van der Waals surface area contributed by atoms with Crippen LogP contribution in [-0.2, 0) is 4.79 Å². The normalized spacial score (nSPS) is 20.8. The van der Waals surface area contributed by atoms with Crippen molar-refractivity contribution in [3.05, 3.63) is 47.8 Å². The highest BCUT2D eigenvalue weighted by Gasteiger charge is 2.41. The van der Waals surface area contributed by atoms with Crippen LogP contribution in [-0.4, -0.2) is 50.9 Å². The number of fused-ring (bicyclic) bond motifs is 2. The molecular weight excluding hydrogens is 430 g/mol. The van der Waals surface area contributed by atoms with E-state index in [9.17, 15) is 18.4 Å². The lowest BCUT2D eigenvalue weighted by molar-refractivity contribution is -0.129. The zero-order valence-electron chi connectivity index (χ0n) is 18.2. The zero-order valence-corrected chi connectivity index (χ0v) is 18.2. The van der Waals surface area contributed by atoms with Gasteiger partial charge in [-0.05, 0) is 31.0 Å². The molecule has 33 heavy (non-hydrogen) atoms. The Morgan fingerprint density at radius 1 is 1.21 bits per heavy atom. The molecule has 2 aromatic heterocycles. The fourth-order valence-electron chi connectivity index (χ4n) is 5.14. The molecule has 3 heterocycles. The highest BCUT2D eigenvalue weighted by molar-refractivity contribution is 6.01. The number of amides is 1. The molecule has 1 aliphatic heterocycles. The summed E-state index contributed by atoms with van der Waals surface area (Å²) in [4.78, 5) is 32.3. The van der Waals surface area contributed by atoms with E-state index >= 15 is 0 Å². The minimum Gasteiger partial charge on any atom is -0.496 e. The van der Waals surface area contributed by atoms with Crippen molar-refractivity contribution in [2.75, 3.05) is 13.7 Å². The van der Waals surface area contributed by atoms with Crippen LogP contribution in [0.15, 0.2) is 36.5 Å². The number of carbonyl (C=O) groups excluding carboxylic acids is 2. The van der Waals surface area contributed by atoms with E-state index in [2.05, 4.69) is 10.1 Å². The monoisotopic (exact) mass is 454 g/mol. The summed E-state index contributed by atoms with van der Waals surface area (Å²) < 4.78 is 34.3. The number of rotatable bonds is 4. The van der Waals surface area contributed by atoms with Gasteiger partial charge in [-0.15, -0.1) is 0 Å². The lowest BCUT2D eigenvalue weighted by Gasteiger charge is -2.43. The number of halogens is 2. The van der Waals surface area contributed by atoms with Crippen LogP contribution in [0.2, 0.25) is 0 Å². The molecular formula is C24H24F2N4O3. The second-order valence-electron chi connectivity index (χ2n) is 8.53. The van der Waals surface area contributed by atoms with Crippen LogP contribution in [0, 0.1) is 5.92 Å². The van der Waals surface area contributed by atoms with Gasteiger partial charge in [0.05, 0.1) is 19.0 Å². The van der Waals surface area contributed by atoms with Gasteiger partial charge >= 0.3 is 0 Å². The number of carbonyl (C=O) groups is 2. The van der Waals surface area contributed by atoms with Gasteiger partial charge in [0, 0.05) is 30.5 Å². The van der Waals surface area contributed by atoms with E-state index in [1.54, 1.807) is 29.2 Å². The lowest BCUT2D eigenvalue weighted by Crippen LogP contribution is -2.53. The SMILES string of the molecule is COc1ccccc1-c1cc(C(F)F)n2ncc(C(=O)N3CCC(=O)[C@@H]4CCCC[C@H]43)c2n1. The molecule has 1 aliphatic carbocycles. The largest absolute Gasteiger partial charge is 0.496 e. The molecule has 1 saturated heterocycles. The number of piperidine rings is 1. The van der Waals surface area contributed by atoms with Crippen molar-refractivity contribution in [3.63, 3.8) is 0 Å². The van der Waals surface area contributed by atoms with Gasteiger partial charge in [0.1, 0.15) is 22.8 Å². The lowest BCUT2D eigenvalue weighted by atomic mass is 9.77. The number of nitrogens with zero attached hydrogens (tertiary/aromatic N) is 4. The van der Waals surface area contributed by atoms with Gasteiger partial charge in [0.15, 0.2) is 5.65 Å². The molecule has 9 heteroatoms. The molecule has 2 aliphatic rings. The molecule has 1 amide bonds. The van der Waals surface area contributed by atoms with Gasteiger partial charge in [-0.25, -0.2) is 18.3 Å². The van der Waals surface area contributed by atoms with Crippen LogP contribution in [0.25, 0.3) is 16.9 Å². The van der Waals surface area contributed by atoms with Crippen LogP contribution >= 0.6 is 0 Å². The Morgan fingerprint density at radius 2 is 2.00 bits per heavy atom. The number of likely N-dealkylation sites (tertiary alicyclic amines) is 1. The van der Waals surface area contributed by atoms with Gasteiger partial charge in [0.2, 0.25) is 0 Å². The van der Waals surface area contributed by atoms with E-state index < -0.39 is 6.43 Å². The summed E-state index contributed by atoms with van der Waals surface area (Å²) in [7, 11) is 1.50. The first-order valence-corrected chi connectivity index (χ1v) is 11.1. The van der Waals surface area contributed by atoms with E-state index in [1.807, 2.05) is 0 Å². The van der Waals surface area contributed by atoms with E-state index in [1.165, 1.54) is 19.4 Å². The molecule has 0 bridgehead atoms. The van der Waals surface area contributed by atoms with Gasteiger partial charge in [-0.1, -0.05) is 25.0 Å². The molecule has 0 unspecified atom stereocenters. The Kier molecular flexibility index (Phi) is 5.55. The molecule has 3 aromatic rings. The smallest absolute Gasteiger partial charge is 0.280 e. The van der Waals surface area contributed by atoms with Gasteiger partial charge in [0.25, 0.3) is 12.3 Å². The first-order valence-electron chi connectivity index (χ1n) is 11.1. The van der Waals surface area contributed by atoms with Crippen molar-refractivity contribution in [2.45, 2.75) is 44.6 Å². The number of hydrogen-bond acceptors (Lipinski definition) is 5. The number of benzene rings is 1. The summed E-state index contributed by atoms with van der Waals surface area (Å²) >= 11 is 0. The van der Waals surface area contributed by atoms with Crippen LogP contribution in [0.5, 0.6) is 5.75 Å². The zero-order chi connectivity index (χ0) is 23.1. The average Bonchev–Trinajstić information content (AvgIpc) is 3.27. The number of para-hydroxylation sites is 1. The number of ketones is 1. The number of aromatic nitrogens is 3. The molecule has 0 radical (unpaired) electrons. The summed E-state index contributed by atoms with van der Waals surface area (Å²) in [6.07, 6.45) is 2.29. The third kappa shape index (κ3) is 3.65. The summed E-state index contributed by atoms with van der Waals surface area (Å²) in [6.45, 7) is 0.323. The first kappa shape index (κ1) is 21.5. The summed E-state index contributed by atoms with van der Waals surface area (Å²) in [5, 5.41) is 4.08. The number of hydrogen-bond donors (Lipinski definition) is 0. The van der Waals surface area contributed by atoms with E-state index in [0.29, 0.717) is 24.3 Å². The Bertz CT molecular complexity index is 1230. The van der Waals surface area contributed by atoms with Crippen molar-refractivity contribution >= 4 is 17.3 Å². The molecule has 1 aromatic carbocycles. The maximum Gasteiger partial charge on any atom is 0.280 e. The third-order valence-electron chi connectivity index (χ3n) is 6.74. The van der Waals surface area contributed by atoms with Crippen molar-refractivity contribution in [2.24, 2.45) is 5.92 Å². The minimum atomic E-state index is -2.82. The van der Waals surface area contributed by atoms with Crippen molar-refractivity contribution < 1.29 is 23.1 Å². The Balaban J connectivity index is 1.61. The van der Waals surface area contributed by atoms with Gasteiger partial charge in [-0.2, -0.15) is 5.10 Å². The van der Waals surface area contributed by atoms with Crippen molar-refractivity contribution in [1.29, 1.82) is 0 Å². The van der Waals surface area contributed by atoms with Gasteiger partial charge < -0.3 is 9.64 Å². The fourth-order valence-corrected chi connectivity index (χ4v) is 5.14. The fraction of sp³-hybridized carbons (Fsp3) is 0.417. The molecule has 5 rings (SSSR count). The third-order valence-corrected chi connectivity index (χ3v) is 6.74. The quantitative estimate of drug-likeness (QED) is 0.587. The summed E-state index contributed by atoms with van der Waals surface area (Å²) in [5.41, 5.74) is 0.689. The van der Waals surface area contributed by atoms with Crippen molar-refractivity contribution in [1.82, 2.24) is 19.5 Å². The summed E-state index contributed by atoms with van der Waals surface area (Å²) in [6, 6.07) is 8.11. The standard InChI is InChI=1S/C24H24F2N4O3/c1-33-21-9-5-3-6-14(21)17-12-19(22(25)26)30-23(28-17)16(13-27-30)24(32)29-11-10-20(31)15-7-2-4-8-18(15)29/h3,5-6,9,12-13,15,18,22H,2,4,7-8,10-11H2,1H3/t15-,18-/m1/s1. The topological polar surface area (TPSA) is 76.8 Å². The molecule has 2 fully saturated rings. The Hall–Kier alpha value is -3.36. The summed E-state index contributed by atoms with van der Waals surface area (Å²) in [5.74, 6) is 0.230. The van der Waals surface area contributed by atoms with E-state index in [-0.39, 0.29) is 46.2 Å². The van der Waals surface area contributed by atoms with Crippen LogP contribution < -0.4 is 4.74 Å². The Morgan fingerprint density at radius 3 is 2.79 bits per heavy atom. The average molecular weight is 454 g/mol. The predicted molar refractivity (Wildman–Crippen MR) is 116 cm³/mol. The van der Waals surface area contributed by atoms with E-state index in [0.717, 1.165) is 30.2 Å². The maximum absolute atomic E-state index is 14.0. The maximum atomic E-state index is 14.0. The van der Waals surface area contributed by atoms with Crippen LogP contribution in [0.1, 0.15) is 54.6 Å². The minimum absolute atomic E-state index is 0.0722. The number of alkyl halides is 2. The molecule has 7 nitrogen and oxygen atoms in total. The number of ether oxygens (including phenoxy) is 1. The van der Waals surface area contributed by atoms with Crippen LogP contribution in [0.4, 0.5) is 8.78 Å². The highest BCUT2D eigenvalue weighted by atomic mass is 19.3. The Labute approximate surface area is 189 Å². The molecule has 0 spiro atoms. The van der Waals surface area contributed by atoms with E-state index in [4.69, 9.17) is 4.74 Å². The highest BCUT2D eigenvalue weighted by Crippen LogP contribution is 2.36. The van der Waals surface area contributed by atoms with Gasteiger partial charge in [-0.3, -0.25) is 9.59 Å². The number of Topliss-reactive ketones (excluding diaryl/α,β-unsaturated/α-hetero) is 1. The second-order valence-corrected chi connectivity index (χ2v) is 8.53.